The highest BCUT2D eigenvalue weighted by atomic mass is 32.2. The molecule has 106 valence electrons. The molecule has 19 heavy (non-hydrogen) atoms. The van der Waals surface area contributed by atoms with Gasteiger partial charge in [-0.25, -0.2) is 4.79 Å². The van der Waals surface area contributed by atoms with Crippen LogP contribution in [0.25, 0.3) is 0 Å². The number of nitrogens with two attached hydrogens (primary N) is 1. The summed E-state index contributed by atoms with van der Waals surface area (Å²) in [6.07, 6.45) is 3.12. The average Bonchev–Trinajstić information content (AvgIpc) is 2.38. The van der Waals surface area contributed by atoms with Gasteiger partial charge in [0.25, 0.3) is 0 Å². The normalized spacial score (nSPS) is 11.9. The van der Waals surface area contributed by atoms with Crippen molar-refractivity contribution in [3.05, 3.63) is 23.8 Å². The molecule has 0 fully saturated rings. The van der Waals surface area contributed by atoms with Crippen LogP contribution < -0.4 is 11.1 Å². The molecule has 0 spiro atoms. The van der Waals surface area contributed by atoms with Crippen LogP contribution in [0.2, 0.25) is 0 Å². The van der Waals surface area contributed by atoms with Crippen molar-refractivity contribution in [2.75, 3.05) is 29.7 Å². The summed E-state index contributed by atoms with van der Waals surface area (Å²) in [6, 6.07) is 5.56. The van der Waals surface area contributed by atoms with E-state index in [4.69, 9.17) is 10.5 Å². The molecule has 0 aromatic heterocycles. The third-order valence-electron chi connectivity index (χ3n) is 2.70. The Kier molecular flexibility index (Phi) is 6.56. The van der Waals surface area contributed by atoms with E-state index >= 15 is 0 Å². The summed E-state index contributed by atoms with van der Waals surface area (Å²) in [5, 5.41) is 3.34. The van der Waals surface area contributed by atoms with Crippen molar-refractivity contribution in [1.82, 2.24) is 0 Å². The molecule has 0 radical (unpaired) electrons. The zero-order valence-electron chi connectivity index (χ0n) is 11.7. The smallest absolute Gasteiger partial charge is 0.340 e. The molecule has 1 aromatic rings. The second-order valence-corrected chi connectivity index (χ2v) is 5.34. The van der Waals surface area contributed by atoms with Crippen molar-refractivity contribution in [2.45, 2.75) is 26.3 Å². The van der Waals surface area contributed by atoms with Gasteiger partial charge in [-0.3, -0.25) is 0 Å². The maximum absolute atomic E-state index is 11.9. The van der Waals surface area contributed by atoms with Gasteiger partial charge in [0, 0.05) is 17.4 Å². The fraction of sp³-hybridized carbons (Fsp3) is 0.500. The Labute approximate surface area is 119 Å². The minimum absolute atomic E-state index is 0.296. The maximum Gasteiger partial charge on any atom is 0.340 e. The van der Waals surface area contributed by atoms with Crippen molar-refractivity contribution in [3.8, 4) is 0 Å². The lowest BCUT2D eigenvalue weighted by Gasteiger charge is -2.17. The Morgan fingerprint density at radius 3 is 2.89 bits per heavy atom. The molecule has 0 aliphatic carbocycles. The number of benzene rings is 1. The highest BCUT2D eigenvalue weighted by Gasteiger charge is 2.14. The van der Waals surface area contributed by atoms with Gasteiger partial charge in [-0.05, 0) is 50.5 Å². The van der Waals surface area contributed by atoms with Crippen LogP contribution in [0.5, 0.6) is 0 Å². The topological polar surface area (TPSA) is 64.3 Å². The van der Waals surface area contributed by atoms with Crippen LogP contribution in [0.15, 0.2) is 18.2 Å². The summed E-state index contributed by atoms with van der Waals surface area (Å²) in [4.78, 5) is 11.9. The van der Waals surface area contributed by atoms with Crippen LogP contribution in [0, 0.1) is 0 Å². The molecule has 1 atom stereocenters. The minimum Gasteiger partial charge on any atom is -0.462 e. The Bertz CT molecular complexity index is 424. The monoisotopic (exact) mass is 282 g/mol. The number of ether oxygens (including phenoxy) is 1. The lowest BCUT2D eigenvalue weighted by Crippen LogP contribution is -2.19. The molecule has 1 aromatic carbocycles. The number of hydrogen-bond donors (Lipinski definition) is 2. The summed E-state index contributed by atoms with van der Waals surface area (Å²) in [5.41, 5.74) is 7.57. The average molecular weight is 282 g/mol. The standard InChI is InChI=1S/C14H22N2O2S/c1-4-18-14(17)12-9-11(15)5-6-13(12)16-10(2)7-8-19-3/h5-6,9-10,16H,4,7-8,15H2,1-3H3. The van der Waals surface area contributed by atoms with Crippen LogP contribution in [0.1, 0.15) is 30.6 Å². The highest BCUT2D eigenvalue weighted by molar-refractivity contribution is 7.98. The molecule has 3 N–H and O–H groups in total. The van der Waals surface area contributed by atoms with E-state index in [0.29, 0.717) is 23.9 Å². The van der Waals surface area contributed by atoms with Gasteiger partial charge in [-0.1, -0.05) is 0 Å². The zero-order chi connectivity index (χ0) is 14.3. The van der Waals surface area contributed by atoms with Crippen LogP contribution >= 0.6 is 11.8 Å². The number of rotatable bonds is 7. The third-order valence-corrected chi connectivity index (χ3v) is 3.34. The Morgan fingerprint density at radius 2 is 2.26 bits per heavy atom. The second-order valence-electron chi connectivity index (χ2n) is 4.35. The summed E-state index contributed by atoms with van der Waals surface area (Å²) >= 11 is 1.81. The largest absolute Gasteiger partial charge is 0.462 e. The maximum atomic E-state index is 11.9. The summed E-state index contributed by atoms with van der Waals surface area (Å²) in [5.74, 6) is 0.743. The number of nitrogens with one attached hydrogen (secondary N) is 1. The van der Waals surface area contributed by atoms with Crippen molar-refractivity contribution in [1.29, 1.82) is 0 Å². The number of hydrogen-bond acceptors (Lipinski definition) is 5. The van der Waals surface area contributed by atoms with E-state index in [1.165, 1.54) is 0 Å². The highest BCUT2D eigenvalue weighted by Crippen LogP contribution is 2.21. The van der Waals surface area contributed by atoms with Crippen LogP contribution in [0.3, 0.4) is 0 Å². The molecular weight excluding hydrogens is 260 g/mol. The van der Waals surface area contributed by atoms with E-state index in [0.717, 1.165) is 17.9 Å². The Morgan fingerprint density at radius 1 is 1.53 bits per heavy atom. The first-order chi connectivity index (χ1) is 9.08. The molecule has 0 saturated heterocycles. The predicted molar refractivity (Wildman–Crippen MR) is 82.9 cm³/mol. The first-order valence-corrected chi connectivity index (χ1v) is 7.80. The van der Waals surface area contributed by atoms with E-state index in [2.05, 4.69) is 18.5 Å². The van der Waals surface area contributed by atoms with E-state index in [9.17, 15) is 4.79 Å². The molecular formula is C14H22N2O2S. The van der Waals surface area contributed by atoms with E-state index < -0.39 is 0 Å². The number of thioether (sulfide) groups is 1. The van der Waals surface area contributed by atoms with Crippen molar-refractivity contribution in [2.24, 2.45) is 0 Å². The van der Waals surface area contributed by atoms with Gasteiger partial charge in [0.2, 0.25) is 0 Å². The van der Waals surface area contributed by atoms with Gasteiger partial charge in [-0.15, -0.1) is 0 Å². The Hall–Kier alpha value is -1.36. The quantitative estimate of drug-likeness (QED) is 0.594. The van der Waals surface area contributed by atoms with Crippen LogP contribution in [-0.2, 0) is 4.74 Å². The van der Waals surface area contributed by atoms with Gasteiger partial charge in [0.1, 0.15) is 0 Å². The van der Waals surface area contributed by atoms with Gasteiger partial charge in [0.15, 0.2) is 0 Å². The number of nitrogen functional groups attached to an aromatic ring is 1. The second kappa shape index (κ2) is 7.94. The molecule has 0 aliphatic heterocycles. The number of esters is 1. The fourth-order valence-corrected chi connectivity index (χ4v) is 2.29. The summed E-state index contributed by atoms with van der Waals surface area (Å²) in [7, 11) is 0. The molecule has 1 unspecified atom stereocenters. The van der Waals surface area contributed by atoms with Gasteiger partial charge in [-0.2, -0.15) is 11.8 Å². The third kappa shape index (κ3) is 5.03. The first-order valence-electron chi connectivity index (χ1n) is 6.40. The van der Waals surface area contributed by atoms with Crippen LogP contribution in [-0.4, -0.2) is 30.6 Å². The summed E-state index contributed by atoms with van der Waals surface area (Å²) < 4.78 is 5.05. The molecule has 4 nitrogen and oxygen atoms in total. The molecule has 0 amide bonds. The zero-order valence-corrected chi connectivity index (χ0v) is 12.5. The molecule has 0 heterocycles. The first kappa shape index (κ1) is 15.7. The fourth-order valence-electron chi connectivity index (χ4n) is 1.70. The number of carbonyl (C=O) groups is 1. The van der Waals surface area contributed by atoms with E-state index in [1.54, 1.807) is 19.1 Å². The Balaban J connectivity index is 2.84. The molecule has 0 saturated carbocycles. The summed E-state index contributed by atoms with van der Waals surface area (Å²) in [6.45, 7) is 4.25. The molecule has 5 heteroatoms. The lowest BCUT2D eigenvalue weighted by molar-refractivity contribution is 0.0527. The SMILES string of the molecule is CCOC(=O)c1cc(N)ccc1NC(C)CCSC. The van der Waals surface area contributed by atoms with Gasteiger partial charge < -0.3 is 15.8 Å². The van der Waals surface area contributed by atoms with E-state index in [-0.39, 0.29) is 5.97 Å². The van der Waals surface area contributed by atoms with Gasteiger partial charge in [0.05, 0.1) is 12.2 Å². The van der Waals surface area contributed by atoms with Crippen molar-refractivity contribution >= 4 is 29.1 Å². The molecule has 0 bridgehead atoms. The van der Waals surface area contributed by atoms with Crippen molar-refractivity contribution < 1.29 is 9.53 Å². The lowest BCUT2D eigenvalue weighted by atomic mass is 10.1. The van der Waals surface area contributed by atoms with E-state index in [1.807, 2.05) is 17.8 Å². The van der Waals surface area contributed by atoms with Gasteiger partial charge >= 0.3 is 5.97 Å². The van der Waals surface area contributed by atoms with Crippen molar-refractivity contribution in [3.63, 3.8) is 0 Å². The number of anilines is 2. The predicted octanol–water partition coefficient (Wildman–Crippen LogP) is 3.00. The minimum atomic E-state index is -0.339. The molecule has 1 rings (SSSR count). The number of carbonyl (C=O) groups excluding carboxylic acids is 1. The van der Waals surface area contributed by atoms with Crippen LogP contribution in [0.4, 0.5) is 11.4 Å². The molecule has 0 aliphatic rings.